The monoisotopic (exact) mass is 170 g/mol. The average molecular weight is 170 g/mol. The van der Waals surface area contributed by atoms with E-state index < -0.39 is 8.07 Å². The van der Waals surface area contributed by atoms with Gasteiger partial charge in [-0.25, -0.2) is 0 Å². The largest absolute Gasteiger partial charge is 0.497 e. The SMILES string of the molecule is CC1(C)CC=C([Si](C)(C)C)O1. The Morgan fingerprint density at radius 1 is 1.36 bits per heavy atom. The Labute approximate surface area is 70.5 Å². The third-order valence-corrected chi connectivity index (χ3v) is 3.69. The van der Waals surface area contributed by atoms with E-state index in [1.807, 2.05) is 0 Å². The fourth-order valence-electron chi connectivity index (χ4n) is 1.18. The molecular formula is C9H18OSi. The van der Waals surface area contributed by atoms with Gasteiger partial charge in [0.15, 0.2) is 0 Å². The Morgan fingerprint density at radius 2 is 1.91 bits per heavy atom. The molecule has 1 rings (SSSR count). The topological polar surface area (TPSA) is 9.23 Å². The molecule has 2 heteroatoms. The van der Waals surface area contributed by atoms with Crippen molar-refractivity contribution in [3.63, 3.8) is 0 Å². The van der Waals surface area contributed by atoms with Crippen LogP contribution < -0.4 is 0 Å². The second kappa shape index (κ2) is 2.37. The van der Waals surface area contributed by atoms with E-state index in [-0.39, 0.29) is 5.60 Å². The lowest BCUT2D eigenvalue weighted by molar-refractivity contribution is 0.0726. The van der Waals surface area contributed by atoms with Crippen LogP contribution in [0.25, 0.3) is 0 Å². The molecule has 1 heterocycles. The van der Waals surface area contributed by atoms with Gasteiger partial charge >= 0.3 is 0 Å². The molecule has 0 saturated carbocycles. The summed E-state index contributed by atoms with van der Waals surface area (Å²) in [5.41, 5.74) is 0.0651. The van der Waals surface area contributed by atoms with Crippen molar-refractivity contribution < 1.29 is 4.74 Å². The van der Waals surface area contributed by atoms with E-state index in [9.17, 15) is 0 Å². The number of ether oxygens (including phenoxy) is 1. The first-order valence-corrected chi connectivity index (χ1v) is 7.71. The Kier molecular flexibility index (Phi) is 1.91. The molecule has 0 aliphatic carbocycles. The lowest BCUT2D eigenvalue weighted by Gasteiger charge is -2.25. The molecule has 0 saturated heterocycles. The second-order valence-electron chi connectivity index (χ2n) is 4.88. The van der Waals surface area contributed by atoms with Crippen LogP contribution in [-0.2, 0) is 4.74 Å². The quantitative estimate of drug-likeness (QED) is 0.550. The molecule has 0 atom stereocenters. The maximum absolute atomic E-state index is 5.84. The highest BCUT2D eigenvalue weighted by Crippen LogP contribution is 2.32. The zero-order chi connectivity index (χ0) is 8.70. The van der Waals surface area contributed by atoms with E-state index in [0.717, 1.165) is 6.42 Å². The smallest absolute Gasteiger partial charge is 0.122 e. The van der Waals surface area contributed by atoms with Crippen molar-refractivity contribution in [1.29, 1.82) is 0 Å². The Morgan fingerprint density at radius 3 is 2.09 bits per heavy atom. The molecule has 64 valence electrons. The minimum Gasteiger partial charge on any atom is -0.497 e. The Hall–Kier alpha value is -0.243. The Balaban J connectivity index is 2.68. The van der Waals surface area contributed by atoms with Gasteiger partial charge in [-0.15, -0.1) is 0 Å². The van der Waals surface area contributed by atoms with Crippen LogP contribution in [-0.4, -0.2) is 13.7 Å². The van der Waals surface area contributed by atoms with E-state index in [1.54, 1.807) is 0 Å². The summed E-state index contributed by atoms with van der Waals surface area (Å²) in [5.74, 6) is 0. The van der Waals surface area contributed by atoms with Gasteiger partial charge in [0, 0.05) is 6.42 Å². The highest BCUT2D eigenvalue weighted by molar-refractivity contribution is 6.82. The first kappa shape index (κ1) is 8.85. The van der Waals surface area contributed by atoms with Crippen molar-refractivity contribution in [3.05, 3.63) is 11.5 Å². The maximum atomic E-state index is 5.84. The summed E-state index contributed by atoms with van der Waals surface area (Å²) in [6, 6.07) is 0. The van der Waals surface area contributed by atoms with E-state index in [0.29, 0.717) is 0 Å². The minimum atomic E-state index is -1.17. The molecule has 0 amide bonds. The molecular weight excluding hydrogens is 152 g/mol. The first-order chi connectivity index (χ1) is 4.81. The van der Waals surface area contributed by atoms with Gasteiger partial charge in [0.2, 0.25) is 0 Å². The number of hydrogen-bond acceptors (Lipinski definition) is 1. The normalized spacial score (nSPS) is 22.8. The highest BCUT2D eigenvalue weighted by atomic mass is 28.3. The van der Waals surface area contributed by atoms with Crippen molar-refractivity contribution in [3.8, 4) is 0 Å². The van der Waals surface area contributed by atoms with Gasteiger partial charge < -0.3 is 4.74 Å². The first-order valence-electron chi connectivity index (χ1n) is 4.21. The van der Waals surface area contributed by atoms with Gasteiger partial charge in [-0.2, -0.15) is 0 Å². The Bertz CT molecular complexity index is 186. The number of hydrogen-bond donors (Lipinski definition) is 0. The van der Waals surface area contributed by atoms with E-state index in [2.05, 4.69) is 39.6 Å². The van der Waals surface area contributed by atoms with Gasteiger partial charge in [-0.3, -0.25) is 0 Å². The average Bonchev–Trinajstić information content (AvgIpc) is 2.07. The van der Waals surface area contributed by atoms with Crippen molar-refractivity contribution in [2.24, 2.45) is 0 Å². The molecule has 0 aromatic carbocycles. The summed E-state index contributed by atoms with van der Waals surface area (Å²) in [6.45, 7) is 11.3. The van der Waals surface area contributed by atoms with Crippen LogP contribution >= 0.6 is 0 Å². The summed E-state index contributed by atoms with van der Waals surface area (Å²) in [4.78, 5) is 0. The van der Waals surface area contributed by atoms with Gasteiger partial charge in [-0.1, -0.05) is 19.6 Å². The van der Waals surface area contributed by atoms with Gasteiger partial charge in [0.05, 0.1) is 5.38 Å². The zero-order valence-electron chi connectivity index (χ0n) is 8.19. The standard InChI is InChI=1S/C9H18OSi/c1-9(2)7-6-8(10-9)11(3,4)5/h6H,7H2,1-5H3. The summed E-state index contributed by atoms with van der Waals surface area (Å²) in [5, 5.41) is 1.28. The lowest BCUT2D eigenvalue weighted by Crippen LogP contribution is -2.28. The van der Waals surface area contributed by atoms with Crippen molar-refractivity contribution in [2.75, 3.05) is 0 Å². The van der Waals surface area contributed by atoms with E-state index >= 15 is 0 Å². The van der Waals surface area contributed by atoms with E-state index in [4.69, 9.17) is 4.74 Å². The van der Waals surface area contributed by atoms with Crippen molar-refractivity contribution in [2.45, 2.75) is 45.5 Å². The van der Waals surface area contributed by atoms with E-state index in [1.165, 1.54) is 5.38 Å². The van der Waals surface area contributed by atoms with Gasteiger partial charge in [0.1, 0.15) is 13.7 Å². The summed E-state index contributed by atoms with van der Waals surface area (Å²) in [7, 11) is -1.17. The molecule has 1 aliphatic rings. The molecule has 0 bridgehead atoms. The molecule has 0 N–H and O–H groups in total. The van der Waals surface area contributed by atoms with Crippen LogP contribution in [0.1, 0.15) is 20.3 Å². The van der Waals surface area contributed by atoms with Crippen LogP contribution in [0.15, 0.2) is 11.5 Å². The van der Waals surface area contributed by atoms with Crippen molar-refractivity contribution in [1.82, 2.24) is 0 Å². The zero-order valence-corrected chi connectivity index (χ0v) is 9.19. The molecule has 0 aromatic heterocycles. The van der Waals surface area contributed by atoms with Crippen LogP contribution in [0.2, 0.25) is 19.6 Å². The second-order valence-corrected chi connectivity index (χ2v) is 9.88. The highest BCUT2D eigenvalue weighted by Gasteiger charge is 2.32. The summed E-state index contributed by atoms with van der Waals surface area (Å²) >= 11 is 0. The summed E-state index contributed by atoms with van der Waals surface area (Å²) in [6.07, 6.45) is 3.35. The third kappa shape index (κ3) is 2.09. The van der Waals surface area contributed by atoms with Crippen molar-refractivity contribution >= 4 is 8.07 Å². The molecule has 11 heavy (non-hydrogen) atoms. The lowest BCUT2D eigenvalue weighted by atomic mass is 10.1. The predicted octanol–water partition coefficient (Wildman–Crippen LogP) is 2.95. The molecule has 0 fully saturated rings. The van der Waals surface area contributed by atoms with Crippen LogP contribution in [0.3, 0.4) is 0 Å². The number of rotatable bonds is 1. The summed E-state index contributed by atoms with van der Waals surface area (Å²) < 4.78 is 5.84. The van der Waals surface area contributed by atoms with Crippen LogP contribution in [0.4, 0.5) is 0 Å². The molecule has 0 aromatic rings. The van der Waals surface area contributed by atoms with Crippen LogP contribution in [0, 0.1) is 0 Å². The molecule has 0 radical (unpaired) electrons. The van der Waals surface area contributed by atoms with Crippen LogP contribution in [0.5, 0.6) is 0 Å². The molecule has 1 nitrogen and oxygen atoms in total. The molecule has 0 unspecified atom stereocenters. The third-order valence-electron chi connectivity index (χ3n) is 1.90. The van der Waals surface area contributed by atoms with Gasteiger partial charge in [-0.05, 0) is 19.9 Å². The van der Waals surface area contributed by atoms with Gasteiger partial charge in [0.25, 0.3) is 0 Å². The fraction of sp³-hybridized carbons (Fsp3) is 0.778. The predicted molar refractivity (Wildman–Crippen MR) is 51.2 cm³/mol. The molecule has 1 aliphatic heterocycles. The molecule has 0 spiro atoms. The minimum absolute atomic E-state index is 0.0651. The fourth-order valence-corrected chi connectivity index (χ4v) is 2.48. The maximum Gasteiger partial charge on any atom is 0.122 e.